The van der Waals surface area contributed by atoms with Gasteiger partial charge in [-0.25, -0.2) is 17.9 Å². The summed E-state index contributed by atoms with van der Waals surface area (Å²) in [6.45, 7) is 2.06. The predicted molar refractivity (Wildman–Crippen MR) is 75.1 cm³/mol. The number of sulfonamides is 1. The first-order valence-corrected chi connectivity index (χ1v) is 8.35. The molecule has 0 bridgehead atoms. The Hall–Kier alpha value is -0.990. The number of halogens is 2. The zero-order chi connectivity index (χ0) is 15.1. The number of benzene rings is 1. The smallest absolute Gasteiger partial charge is 0.254 e. The molecule has 8 heteroatoms. The molecule has 0 aliphatic heterocycles. The summed E-state index contributed by atoms with van der Waals surface area (Å²) in [7, 11) is -4.03. The van der Waals surface area contributed by atoms with Crippen molar-refractivity contribution in [2.75, 3.05) is 0 Å². The van der Waals surface area contributed by atoms with E-state index in [4.69, 9.17) is 5.14 Å². The van der Waals surface area contributed by atoms with Crippen molar-refractivity contribution in [1.29, 1.82) is 0 Å². The van der Waals surface area contributed by atoms with Crippen LogP contribution >= 0.6 is 15.9 Å². The zero-order valence-electron chi connectivity index (χ0n) is 10.7. The lowest BCUT2D eigenvalue weighted by Gasteiger charge is -2.33. The quantitative estimate of drug-likeness (QED) is 0.856. The minimum Gasteiger partial charge on any atom is -0.349 e. The maximum absolute atomic E-state index is 13.8. The molecule has 0 spiro atoms. The molecule has 110 valence electrons. The molecule has 5 nitrogen and oxygen atoms in total. The van der Waals surface area contributed by atoms with Gasteiger partial charge in [-0.2, -0.15) is 0 Å². The third-order valence-electron chi connectivity index (χ3n) is 3.28. The molecule has 0 atom stereocenters. The minimum atomic E-state index is -4.03. The second kappa shape index (κ2) is 5.42. The summed E-state index contributed by atoms with van der Waals surface area (Å²) in [5.41, 5.74) is -0.322. The lowest BCUT2D eigenvalue weighted by molar-refractivity contribution is 0.0891. The second-order valence-corrected chi connectivity index (χ2v) is 7.44. The SMILES string of the molecule is CC1CC(NC(=O)c2cc(S(N)(=O)=O)c(Br)cc2F)C1. The molecule has 2 rings (SSSR count). The van der Waals surface area contributed by atoms with Gasteiger partial charge in [-0.15, -0.1) is 0 Å². The van der Waals surface area contributed by atoms with E-state index < -0.39 is 21.7 Å². The highest BCUT2D eigenvalue weighted by Gasteiger charge is 2.28. The van der Waals surface area contributed by atoms with Crippen molar-refractivity contribution in [3.8, 4) is 0 Å². The number of nitrogens with two attached hydrogens (primary N) is 1. The number of carbonyl (C=O) groups excluding carboxylic acids is 1. The van der Waals surface area contributed by atoms with Crippen molar-refractivity contribution >= 4 is 31.9 Å². The van der Waals surface area contributed by atoms with Crippen LogP contribution in [0.3, 0.4) is 0 Å². The lowest BCUT2D eigenvalue weighted by atomic mass is 9.82. The first kappa shape index (κ1) is 15.4. The van der Waals surface area contributed by atoms with E-state index >= 15 is 0 Å². The maximum atomic E-state index is 13.8. The maximum Gasteiger partial charge on any atom is 0.254 e. The largest absolute Gasteiger partial charge is 0.349 e. The summed E-state index contributed by atoms with van der Waals surface area (Å²) in [6, 6.07) is 1.89. The molecule has 1 aromatic rings. The molecule has 1 fully saturated rings. The lowest BCUT2D eigenvalue weighted by Crippen LogP contribution is -2.43. The second-order valence-electron chi connectivity index (χ2n) is 5.05. The Labute approximate surface area is 124 Å². The van der Waals surface area contributed by atoms with E-state index in [1.165, 1.54) is 0 Å². The number of carbonyl (C=O) groups is 1. The van der Waals surface area contributed by atoms with Gasteiger partial charge in [0.2, 0.25) is 10.0 Å². The van der Waals surface area contributed by atoms with Gasteiger partial charge in [-0.1, -0.05) is 6.92 Å². The molecule has 3 N–H and O–H groups in total. The number of hydrogen-bond acceptors (Lipinski definition) is 3. The fraction of sp³-hybridized carbons (Fsp3) is 0.417. The van der Waals surface area contributed by atoms with Gasteiger partial charge in [0, 0.05) is 10.5 Å². The molecular formula is C12H14BrFN2O3S. The molecule has 1 aliphatic carbocycles. The number of primary sulfonamides is 1. The molecular weight excluding hydrogens is 351 g/mol. The van der Waals surface area contributed by atoms with Crippen molar-refractivity contribution in [3.63, 3.8) is 0 Å². The zero-order valence-corrected chi connectivity index (χ0v) is 13.1. The van der Waals surface area contributed by atoms with Crippen LogP contribution in [0.25, 0.3) is 0 Å². The first-order chi connectivity index (χ1) is 9.18. The monoisotopic (exact) mass is 364 g/mol. The van der Waals surface area contributed by atoms with Crippen LogP contribution in [0, 0.1) is 11.7 Å². The summed E-state index contributed by atoms with van der Waals surface area (Å²) in [5.74, 6) is -0.888. The Balaban J connectivity index is 2.29. The highest BCUT2D eigenvalue weighted by molar-refractivity contribution is 9.10. The number of amides is 1. The molecule has 1 amide bonds. The van der Waals surface area contributed by atoms with E-state index in [9.17, 15) is 17.6 Å². The van der Waals surface area contributed by atoms with Gasteiger partial charge in [0.15, 0.2) is 0 Å². The highest BCUT2D eigenvalue weighted by atomic mass is 79.9. The summed E-state index contributed by atoms with van der Waals surface area (Å²) < 4.78 is 36.5. The highest BCUT2D eigenvalue weighted by Crippen LogP contribution is 2.28. The van der Waals surface area contributed by atoms with Gasteiger partial charge in [0.05, 0.1) is 10.5 Å². The molecule has 0 heterocycles. The van der Waals surface area contributed by atoms with E-state index in [2.05, 4.69) is 28.2 Å². The molecule has 1 saturated carbocycles. The van der Waals surface area contributed by atoms with E-state index in [0.717, 1.165) is 25.0 Å². The molecule has 1 aliphatic rings. The van der Waals surface area contributed by atoms with E-state index in [1.807, 2.05) is 0 Å². The van der Waals surface area contributed by atoms with Crippen LogP contribution in [0.4, 0.5) is 4.39 Å². The summed E-state index contributed by atoms with van der Waals surface area (Å²) in [6.07, 6.45) is 1.68. The first-order valence-electron chi connectivity index (χ1n) is 6.01. The molecule has 0 aromatic heterocycles. The minimum absolute atomic E-state index is 0.00804. The Kier molecular flexibility index (Phi) is 4.17. The van der Waals surface area contributed by atoms with Gasteiger partial charge in [-0.05, 0) is 46.8 Å². The van der Waals surface area contributed by atoms with Crippen LogP contribution < -0.4 is 10.5 Å². The molecule has 0 unspecified atom stereocenters. The number of rotatable bonds is 3. The summed E-state index contributed by atoms with van der Waals surface area (Å²) in [5, 5.41) is 7.69. The molecule has 0 radical (unpaired) electrons. The Bertz CT molecular complexity index is 657. The average Bonchev–Trinajstić information content (AvgIpc) is 2.24. The van der Waals surface area contributed by atoms with Crippen molar-refractivity contribution in [1.82, 2.24) is 5.32 Å². The Morgan fingerprint density at radius 3 is 2.55 bits per heavy atom. The van der Waals surface area contributed by atoms with Crippen molar-refractivity contribution in [2.24, 2.45) is 11.1 Å². The normalized spacial score (nSPS) is 22.2. The Morgan fingerprint density at radius 1 is 1.45 bits per heavy atom. The standard InChI is InChI=1S/C12H14BrFN2O3S/c1-6-2-7(3-6)16-12(17)8-4-11(20(15,18)19)9(13)5-10(8)14/h4-7H,2-3H2,1H3,(H,16,17)(H2,15,18,19). The number of hydrogen-bond donors (Lipinski definition) is 2. The van der Waals surface area contributed by atoms with E-state index in [0.29, 0.717) is 5.92 Å². The number of nitrogens with one attached hydrogen (secondary N) is 1. The summed E-state index contributed by atoms with van der Waals surface area (Å²) >= 11 is 2.92. The van der Waals surface area contributed by atoms with Crippen molar-refractivity contribution < 1.29 is 17.6 Å². The van der Waals surface area contributed by atoms with Crippen LogP contribution in [0.2, 0.25) is 0 Å². The van der Waals surface area contributed by atoms with Crippen LogP contribution in [0.5, 0.6) is 0 Å². The van der Waals surface area contributed by atoms with E-state index in [-0.39, 0.29) is 21.0 Å². The van der Waals surface area contributed by atoms with Crippen LogP contribution in [-0.4, -0.2) is 20.4 Å². The third kappa shape index (κ3) is 3.18. The van der Waals surface area contributed by atoms with Crippen LogP contribution in [0.1, 0.15) is 30.1 Å². The van der Waals surface area contributed by atoms with Gasteiger partial charge in [-0.3, -0.25) is 4.79 Å². The van der Waals surface area contributed by atoms with Gasteiger partial charge in [0.1, 0.15) is 5.82 Å². The molecule has 0 saturated heterocycles. The average molecular weight is 365 g/mol. The molecule has 20 heavy (non-hydrogen) atoms. The molecule has 1 aromatic carbocycles. The fourth-order valence-electron chi connectivity index (χ4n) is 2.20. The van der Waals surface area contributed by atoms with Crippen LogP contribution in [-0.2, 0) is 10.0 Å². The van der Waals surface area contributed by atoms with Crippen molar-refractivity contribution in [2.45, 2.75) is 30.7 Å². The van der Waals surface area contributed by atoms with Crippen LogP contribution in [0.15, 0.2) is 21.5 Å². The van der Waals surface area contributed by atoms with E-state index in [1.54, 1.807) is 0 Å². The van der Waals surface area contributed by atoms with Crippen molar-refractivity contribution in [3.05, 3.63) is 28.0 Å². The van der Waals surface area contributed by atoms with Gasteiger partial charge < -0.3 is 5.32 Å². The topological polar surface area (TPSA) is 89.3 Å². The Morgan fingerprint density at radius 2 is 2.05 bits per heavy atom. The fourth-order valence-corrected chi connectivity index (χ4v) is 3.81. The van der Waals surface area contributed by atoms with Gasteiger partial charge >= 0.3 is 0 Å². The summed E-state index contributed by atoms with van der Waals surface area (Å²) in [4.78, 5) is 11.6. The third-order valence-corrected chi connectivity index (χ3v) is 5.15. The van der Waals surface area contributed by atoms with Gasteiger partial charge in [0.25, 0.3) is 5.91 Å². The predicted octanol–water partition coefficient (Wildman–Crippen LogP) is 1.76.